The van der Waals surface area contributed by atoms with Gasteiger partial charge in [-0.15, -0.1) is 5.10 Å². The van der Waals surface area contributed by atoms with Crippen LogP contribution in [-0.4, -0.2) is 15.0 Å². The first-order valence-electron chi connectivity index (χ1n) is 8.35. The number of fused-ring (bicyclic) bond motifs is 1. The number of aromatic nitrogens is 3. The summed E-state index contributed by atoms with van der Waals surface area (Å²) in [6.07, 6.45) is 0. The lowest BCUT2D eigenvalue weighted by Crippen LogP contribution is -2.25. The largest absolute Gasteiger partial charge is 0.282 e. The minimum absolute atomic E-state index is 0. The molecule has 0 radical (unpaired) electrons. The number of hydrogen-bond acceptors (Lipinski definition) is 3. The van der Waals surface area contributed by atoms with Crippen LogP contribution in [0, 0.1) is 34.6 Å². The molecule has 1 aromatic heterocycles. The smallest absolute Gasteiger partial charge is 0.267 e. The summed E-state index contributed by atoms with van der Waals surface area (Å²) in [6.45, 7) is 14.4. The molecule has 3 aromatic rings. The minimum Gasteiger partial charge on any atom is -0.267 e. The van der Waals surface area contributed by atoms with Gasteiger partial charge in [-0.2, -0.15) is 4.68 Å². The molecule has 3 rings (SSSR count). The molecular formula is C21H29N3O. The molecule has 0 amide bonds. The summed E-state index contributed by atoms with van der Waals surface area (Å²) >= 11 is 0. The monoisotopic (exact) mass is 339 g/mol. The van der Waals surface area contributed by atoms with Crippen LogP contribution in [0.5, 0.6) is 0 Å². The van der Waals surface area contributed by atoms with E-state index in [1.807, 2.05) is 39.8 Å². The van der Waals surface area contributed by atoms with Gasteiger partial charge in [0.2, 0.25) is 0 Å². The maximum atomic E-state index is 12.8. The highest BCUT2D eigenvalue weighted by atomic mass is 16.1. The fourth-order valence-electron chi connectivity index (χ4n) is 2.93. The highest BCUT2D eigenvalue weighted by molar-refractivity contribution is 5.77. The van der Waals surface area contributed by atoms with Gasteiger partial charge in [-0.25, -0.2) is 0 Å². The highest BCUT2D eigenvalue weighted by Crippen LogP contribution is 2.27. The van der Waals surface area contributed by atoms with Crippen LogP contribution in [0.2, 0.25) is 0 Å². The second kappa shape index (κ2) is 8.06. The van der Waals surface area contributed by atoms with Crippen molar-refractivity contribution in [1.29, 1.82) is 0 Å². The van der Waals surface area contributed by atoms with Gasteiger partial charge in [0.1, 0.15) is 5.52 Å². The van der Waals surface area contributed by atoms with E-state index in [2.05, 4.69) is 31.1 Å². The van der Waals surface area contributed by atoms with Crippen molar-refractivity contribution in [3.63, 3.8) is 0 Å². The zero-order valence-electron chi connectivity index (χ0n) is 15.6. The first-order chi connectivity index (χ1) is 11.4. The Labute approximate surface area is 150 Å². The molecule has 4 nitrogen and oxygen atoms in total. The molecule has 0 aliphatic heterocycles. The molecule has 0 spiro atoms. The van der Waals surface area contributed by atoms with E-state index in [4.69, 9.17) is 0 Å². The van der Waals surface area contributed by atoms with Gasteiger partial charge in [0, 0.05) is 0 Å². The quantitative estimate of drug-likeness (QED) is 0.628. The van der Waals surface area contributed by atoms with Crippen LogP contribution in [0.25, 0.3) is 16.6 Å². The zero-order chi connectivity index (χ0) is 18.0. The van der Waals surface area contributed by atoms with Gasteiger partial charge in [-0.05, 0) is 74.6 Å². The molecule has 2 aromatic carbocycles. The van der Waals surface area contributed by atoms with Crippen LogP contribution in [0.15, 0.2) is 29.1 Å². The summed E-state index contributed by atoms with van der Waals surface area (Å²) in [5.74, 6) is 0. The maximum absolute atomic E-state index is 12.8. The molecule has 0 atom stereocenters. The average Bonchev–Trinajstić information content (AvgIpc) is 2.62. The predicted molar refractivity (Wildman–Crippen MR) is 107 cm³/mol. The number of hydrogen-bond donors (Lipinski definition) is 0. The molecular weight excluding hydrogens is 310 g/mol. The summed E-state index contributed by atoms with van der Waals surface area (Å²) in [6, 6.07) is 7.30. The lowest BCUT2D eigenvalue weighted by Gasteiger charge is -2.18. The van der Waals surface area contributed by atoms with Gasteiger partial charge in [0.05, 0.1) is 11.1 Å². The first kappa shape index (κ1) is 20.6. The summed E-state index contributed by atoms with van der Waals surface area (Å²) in [4.78, 5) is 12.8. The van der Waals surface area contributed by atoms with Crippen LogP contribution in [0.4, 0.5) is 0 Å². The lowest BCUT2D eigenvalue weighted by molar-refractivity contribution is 0.728. The van der Waals surface area contributed by atoms with E-state index in [1.165, 1.54) is 21.4 Å². The standard InChI is InChI=1S/C18H19N3O.C2H6.CH4/c1-10-11(2)13(4)17(14(5)12(10)3)21-18(22)15-8-6-7-9-16(15)19-20-21;1-2;/h6-9H,1-5H3;1-2H3;1H4. The lowest BCUT2D eigenvalue weighted by atomic mass is 9.93. The fourth-order valence-corrected chi connectivity index (χ4v) is 2.93. The second-order valence-corrected chi connectivity index (χ2v) is 5.80. The Hall–Kier alpha value is -2.49. The van der Waals surface area contributed by atoms with E-state index >= 15 is 0 Å². The van der Waals surface area contributed by atoms with Gasteiger partial charge < -0.3 is 0 Å². The van der Waals surface area contributed by atoms with E-state index < -0.39 is 0 Å². The van der Waals surface area contributed by atoms with Crippen molar-refractivity contribution in [2.45, 2.75) is 55.9 Å². The molecule has 0 fully saturated rings. The normalized spacial score (nSPS) is 10.0. The van der Waals surface area contributed by atoms with Crippen molar-refractivity contribution in [3.8, 4) is 5.69 Å². The van der Waals surface area contributed by atoms with Crippen LogP contribution in [0.3, 0.4) is 0 Å². The summed E-state index contributed by atoms with van der Waals surface area (Å²) < 4.78 is 1.44. The van der Waals surface area contributed by atoms with Crippen molar-refractivity contribution in [3.05, 3.63) is 62.4 Å². The summed E-state index contributed by atoms with van der Waals surface area (Å²) in [7, 11) is 0. The Kier molecular flexibility index (Phi) is 6.63. The van der Waals surface area contributed by atoms with Crippen LogP contribution < -0.4 is 5.56 Å². The van der Waals surface area contributed by atoms with E-state index in [0.29, 0.717) is 10.9 Å². The van der Waals surface area contributed by atoms with Crippen molar-refractivity contribution in [2.75, 3.05) is 0 Å². The van der Waals surface area contributed by atoms with Crippen molar-refractivity contribution >= 4 is 10.9 Å². The van der Waals surface area contributed by atoms with E-state index in [-0.39, 0.29) is 13.0 Å². The SMILES string of the molecule is C.CC.Cc1c(C)c(C)c(-n2nnc3ccccc3c2=O)c(C)c1C. The number of rotatable bonds is 1. The Balaban J connectivity index is 0.00000101. The predicted octanol–water partition coefficient (Wildman–Crippen LogP) is 4.99. The zero-order valence-corrected chi connectivity index (χ0v) is 15.6. The van der Waals surface area contributed by atoms with Crippen LogP contribution in [0.1, 0.15) is 49.1 Å². The van der Waals surface area contributed by atoms with Gasteiger partial charge >= 0.3 is 0 Å². The van der Waals surface area contributed by atoms with Gasteiger partial charge in [-0.1, -0.05) is 38.6 Å². The van der Waals surface area contributed by atoms with Crippen molar-refractivity contribution < 1.29 is 0 Å². The van der Waals surface area contributed by atoms with Gasteiger partial charge in [-0.3, -0.25) is 4.79 Å². The van der Waals surface area contributed by atoms with Gasteiger partial charge in [0.25, 0.3) is 5.56 Å². The molecule has 0 saturated carbocycles. The first-order valence-corrected chi connectivity index (χ1v) is 8.35. The molecule has 134 valence electrons. The summed E-state index contributed by atoms with van der Waals surface area (Å²) in [5.41, 5.74) is 7.16. The maximum Gasteiger partial charge on any atom is 0.282 e. The Morgan fingerprint density at radius 3 is 1.84 bits per heavy atom. The third kappa shape index (κ3) is 3.34. The fraction of sp³-hybridized carbons (Fsp3) is 0.381. The van der Waals surface area contributed by atoms with Crippen molar-refractivity contribution in [2.24, 2.45) is 0 Å². The number of benzene rings is 2. The molecule has 0 bridgehead atoms. The minimum atomic E-state index is -0.126. The van der Waals surface area contributed by atoms with E-state index in [9.17, 15) is 4.79 Å². The van der Waals surface area contributed by atoms with Crippen LogP contribution >= 0.6 is 0 Å². The third-order valence-corrected chi connectivity index (χ3v) is 4.74. The van der Waals surface area contributed by atoms with E-state index in [1.54, 1.807) is 12.1 Å². The number of nitrogens with zero attached hydrogens (tertiary/aromatic N) is 3. The molecule has 25 heavy (non-hydrogen) atoms. The molecule has 0 aliphatic rings. The third-order valence-electron chi connectivity index (χ3n) is 4.74. The van der Waals surface area contributed by atoms with Gasteiger partial charge in [0.15, 0.2) is 0 Å². The summed E-state index contributed by atoms with van der Waals surface area (Å²) in [5, 5.41) is 8.95. The molecule has 4 heteroatoms. The molecule has 0 aliphatic carbocycles. The topological polar surface area (TPSA) is 47.8 Å². The molecule has 1 heterocycles. The highest BCUT2D eigenvalue weighted by Gasteiger charge is 2.17. The molecule has 0 unspecified atom stereocenters. The average molecular weight is 339 g/mol. The van der Waals surface area contributed by atoms with E-state index in [0.717, 1.165) is 16.8 Å². The Bertz CT molecular complexity index is 926. The second-order valence-electron chi connectivity index (χ2n) is 5.80. The molecule has 0 saturated heterocycles. The Morgan fingerprint density at radius 1 is 0.800 bits per heavy atom. The van der Waals surface area contributed by atoms with Crippen LogP contribution in [-0.2, 0) is 0 Å². The molecule has 0 N–H and O–H groups in total. The Morgan fingerprint density at radius 2 is 1.28 bits per heavy atom. The van der Waals surface area contributed by atoms with Crippen molar-refractivity contribution in [1.82, 2.24) is 15.0 Å².